The van der Waals surface area contributed by atoms with E-state index in [4.69, 9.17) is 4.74 Å². The van der Waals surface area contributed by atoms with Gasteiger partial charge in [-0.15, -0.1) is 0 Å². The van der Waals surface area contributed by atoms with Gasteiger partial charge in [0.25, 0.3) is 0 Å². The second-order valence-corrected chi connectivity index (χ2v) is 4.35. The van der Waals surface area contributed by atoms with Crippen molar-refractivity contribution in [1.29, 1.82) is 0 Å². The van der Waals surface area contributed by atoms with Crippen LogP contribution in [0.4, 0.5) is 0 Å². The Kier molecular flexibility index (Phi) is 3.62. The third-order valence-corrected chi connectivity index (χ3v) is 2.96. The molecular weight excluding hydrogens is 234 g/mol. The van der Waals surface area contributed by atoms with Gasteiger partial charge in [-0.05, 0) is 12.5 Å². The largest absolute Gasteiger partial charge is 0.459 e. The molecule has 0 spiro atoms. The van der Waals surface area contributed by atoms with Crippen molar-refractivity contribution in [2.45, 2.75) is 25.7 Å². The lowest BCUT2D eigenvalue weighted by Crippen LogP contribution is -2.65. The van der Waals surface area contributed by atoms with E-state index in [1.807, 2.05) is 30.3 Å². The Bertz CT molecular complexity index is 444. The van der Waals surface area contributed by atoms with Gasteiger partial charge in [0.15, 0.2) is 0 Å². The Morgan fingerprint density at radius 1 is 1.44 bits per heavy atom. The van der Waals surface area contributed by atoms with Crippen LogP contribution in [0.3, 0.4) is 0 Å². The second kappa shape index (κ2) is 5.18. The predicted molar refractivity (Wildman–Crippen MR) is 63.3 cm³/mol. The van der Waals surface area contributed by atoms with Crippen LogP contribution in [0.1, 0.15) is 12.5 Å². The van der Waals surface area contributed by atoms with Crippen LogP contribution in [0, 0.1) is 5.92 Å². The van der Waals surface area contributed by atoms with Gasteiger partial charge in [-0.1, -0.05) is 30.3 Å². The van der Waals surface area contributed by atoms with Crippen LogP contribution >= 0.6 is 0 Å². The Morgan fingerprint density at radius 3 is 2.67 bits per heavy atom. The summed E-state index contributed by atoms with van der Waals surface area (Å²) in [5.74, 6) is -1.52. The fraction of sp³-hybridized carbons (Fsp3) is 0.385. The average molecular weight is 249 g/mol. The fourth-order valence-electron chi connectivity index (χ4n) is 1.92. The molecule has 5 nitrogen and oxygen atoms in total. The SMILES string of the molecule is C[C@@H](O)C1C(=O)NC1C(=O)OCc1ccccc1. The number of aliphatic hydroxyl groups excluding tert-OH is 1. The second-order valence-electron chi connectivity index (χ2n) is 4.35. The summed E-state index contributed by atoms with van der Waals surface area (Å²) in [4.78, 5) is 22.9. The number of benzene rings is 1. The normalized spacial score (nSPS) is 23.8. The van der Waals surface area contributed by atoms with Crippen molar-refractivity contribution >= 4 is 11.9 Å². The summed E-state index contributed by atoms with van der Waals surface area (Å²) in [6.07, 6.45) is -0.854. The lowest BCUT2D eigenvalue weighted by molar-refractivity contribution is -0.162. The standard InChI is InChI=1S/C13H15NO4/c1-8(15)10-11(14-12(10)16)13(17)18-7-9-5-3-2-4-6-9/h2-6,8,10-11,15H,7H2,1H3,(H,14,16)/t8-,10?,11?/m1/s1. The van der Waals surface area contributed by atoms with Gasteiger partial charge in [-0.25, -0.2) is 4.79 Å². The predicted octanol–water partition coefficient (Wildman–Crippen LogP) is 0.225. The molecule has 0 aromatic heterocycles. The van der Waals surface area contributed by atoms with Crippen molar-refractivity contribution in [3.63, 3.8) is 0 Å². The van der Waals surface area contributed by atoms with Crippen LogP contribution in [0.25, 0.3) is 0 Å². The van der Waals surface area contributed by atoms with Gasteiger partial charge in [0.05, 0.1) is 12.0 Å². The van der Waals surface area contributed by atoms with E-state index in [0.29, 0.717) is 0 Å². The van der Waals surface area contributed by atoms with E-state index < -0.39 is 24.0 Å². The molecule has 0 saturated carbocycles. The first-order valence-electron chi connectivity index (χ1n) is 5.78. The minimum absolute atomic E-state index is 0.165. The van der Waals surface area contributed by atoms with E-state index >= 15 is 0 Å². The Balaban J connectivity index is 1.88. The van der Waals surface area contributed by atoms with Crippen LogP contribution in [0.5, 0.6) is 0 Å². The van der Waals surface area contributed by atoms with Gasteiger partial charge in [-0.2, -0.15) is 0 Å². The van der Waals surface area contributed by atoms with Gasteiger partial charge >= 0.3 is 5.97 Å². The molecule has 1 aromatic carbocycles. The topological polar surface area (TPSA) is 75.6 Å². The zero-order valence-corrected chi connectivity index (χ0v) is 10.00. The maximum absolute atomic E-state index is 11.7. The van der Waals surface area contributed by atoms with E-state index in [1.54, 1.807) is 0 Å². The van der Waals surface area contributed by atoms with Crippen LogP contribution < -0.4 is 5.32 Å². The molecule has 1 aromatic rings. The van der Waals surface area contributed by atoms with Crippen molar-refractivity contribution < 1.29 is 19.4 Å². The summed E-state index contributed by atoms with van der Waals surface area (Å²) in [5.41, 5.74) is 0.880. The summed E-state index contributed by atoms with van der Waals surface area (Å²) in [6.45, 7) is 1.65. The molecule has 0 bridgehead atoms. The molecule has 1 aliphatic heterocycles. The Hall–Kier alpha value is -1.88. The van der Waals surface area contributed by atoms with Crippen LogP contribution in [0.15, 0.2) is 30.3 Å². The highest BCUT2D eigenvalue weighted by Gasteiger charge is 2.47. The quantitative estimate of drug-likeness (QED) is 0.591. The molecule has 96 valence electrons. The number of aliphatic hydroxyl groups is 1. The maximum Gasteiger partial charge on any atom is 0.329 e. The highest BCUT2D eigenvalue weighted by Crippen LogP contribution is 2.20. The summed E-state index contributed by atoms with van der Waals surface area (Å²) >= 11 is 0. The number of ether oxygens (including phenoxy) is 1. The van der Waals surface area contributed by atoms with Gasteiger partial charge in [-0.3, -0.25) is 4.79 Å². The maximum atomic E-state index is 11.7. The van der Waals surface area contributed by atoms with E-state index in [0.717, 1.165) is 5.56 Å². The van der Waals surface area contributed by atoms with Crippen molar-refractivity contribution in [2.75, 3.05) is 0 Å². The number of carbonyl (C=O) groups is 2. The van der Waals surface area contributed by atoms with Crippen molar-refractivity contribution in [2.24, 2.45) is 5.92 Å². The van der Waals surface area contributed by atoms with Gasteiger partial charge in [0.2, 0.25) is 5.91 Å². The zero-order chi connectivity index (χ0) is 13.1. The van der Waals surface area contributed by atoms with Gasteiger partial charge < -0.3 is 15.2 Å². The Morgan fingerprint density at radius 2 is 2.11 bits per heavy atom. The molecule has 1 aliphatic rings. The molecule has 2 N–H and O–H groups in total. The number of β-lactam (4-membered cyclic amide) rings is 1. The van der Waals surface area contributed by atoms with Crippen LogP contribution in [0.2, 0.25) is 0 Å². The van der Waals surface area contributed by atoms with Crippen molar-refractivity contribution in [3.8, 4) is 0 Å². The monoisotopic (exact) mass is 249 g/mol. The first-order valence-corrected chi connectivity index (χ1v) is 5.78. The number of nitrogens with one attached hydrogen (secondary N) is 1. The molecule has 0 aliphatic carbocycles. The van der Waals surface area contributed by atoms with E-state index in [2.05, 4.69) is 5.32 Å². The van der Waals surface area contributed by atoms with Crippen molar-refractivity contribution in [3.05, 3.63) is 35.9 Å². The molecule has 1 amide bonds. The van der Waals surface area contributed by atoms with E-state index in [1.165, 1.54) is 6.92 Å². The zero-order valence-electron chi connectivity index (χ0n) is 10.00. The molecule has 2 unspecified atom stereocenters. The number of rotatable bonds is 4. The minimum Gasteiger partial charge on any atom is -0.459 e. The summed E-state index contributed by atoms with van der Waals surface area (Å²) in [7, 11) is 0. The van der Waals surface area contributed by atoms with Gasteiger partial charge in [0, 0.05) is 0 Å². The first-order chi connectivity index (χ1) is 8.59. The summed E-state index contributed by atoms with van der Waals surface area (Å²) in [5, 5.41) is 11.8. The molecule has 1 heterocycles. The summed E-state index contributed by atoms with van der Waals surface area (Å²) < 4.78 is 5.10. The van der Waals surface area contributed by atoms with Crippen molar-refractivity contribution in [1.82, 2.24) is 5.32 Å². The molecule has 2 rings (SSSR count). The van der Waals surface area contributed by atoms with E-state index in [9.17, 15) is 14.7 Å². The van der Waals surface area contributed by atoms with E-state index in [-0.39, 0.29) is 12.5 Å². The number of hydrogen-bond donors (Lipinski definition) is 2. The fourth-order valence-corrected chi connectivity index (χ4v) is 1.92. The van der Waals surface area contributed by atoms with Crippen LogP contribution in [-0.4, -0.2) is 29.1 Å². The Labute approximate surface area is 105 Å². The smallest absolute Gasteiger partial charge is 0.329 e. The van der Waals surface area contributed by atoms with Gasteiger partial charge in [0.1, 0.15) is 12.6 Å². The third kappa shape index (κ3) is 2.51. The molecule has 18 heavy (non-hydrogen) atoms. The number of esters is 1. The molecule has 3 atom stereocenters. The number of amides is 1. The molecule has 1 saturated heterocycles. The molecule has 1 fully saturated rings. The third-order valence-electron chi connectivity index (χ3n) is 2.96. The molecule has 5 heteroatoms. The summed E-state index contributed by atoms with van der Waals surface area (Å²) in [6, 6.07) is 8.54. The highest BCUT2D eigenvalue weighted by atomic mass is 16.5. The average Bonchev–Trinajstić information content (AvgIpc) is 2.33. The first kappa shape index (κ1) is 12.6. The lowest BCUT2D eigenvalue weighted by Gasteiger charge is -2.36. The molecular formula is C13H15NO4. The van der Waals surface area contributed by atoms with Crippen LogP contribution in [-0.2, 0) is 20.9 Å². The molecule has 0 radical (unpaired) electrons. The lowest BCUT2D eigenvalue weighted by atomic mass is 9.86. The highest BCUT2D eigenvalue weighted by molar-refractivity contribution is 5.97. The number of carbonyl (C=O) groups excluding carboxylic acids is 2. The number of hydrogen-bond acceptors (Lipinski definition) is 4. The minimum atomic E-state index is -0.854.